The Labute approximate surface area is 147 Å². The molecule has 0 aliphatic heterocycles. The van der Waals surface area contributed by atoms with Crippen molar-refractivity contribution in [1.29, 1.82) is 0 Å². The van der Waals surface area contributed by atoms with Gasteiger partial charge in [-0.05, 0) is 31.9 Å². The van der Waals surface area contributed by atoms with E-state index in [1.165, 1.54) is 12.8 Å². The van der Waals surface area contributed by atoms with Crippen molar-refractivity contribution >= 4 is 23.4 Å². The van der Waals surface area contributed by atoms with Crippen LogP contribution in [0.1, 0.15) is 31.5 Å². The monoisotopic (exact) mass is 340 g/mol. The van der Waals surface area contributed by atoms with E-state index in [1.54, 1.807) is 6.20 Å². The van der Waals surface area contributed by atoms with E-state index in [9.17, 15) is 4.79 Å². The molecular weight excluding hydrogens is 316 g/mol. The molecule has 3 N–H and O–H groups in total. The van der Waals surface area contributed by atoms with Gasteiger partial charge in [0, 0.05) is 31.3 Å². The fourth-order valence-corrected chi connectivity index (χ4v) is 3.00. The highest BCUT2D eigenvalue weighted by atomic mass is 16.1. The minimum Gasteiger partial charge on any atom is -0.368 e. The average molecular weight is 340 g/mol. The number of aromatic nitrogens is 3. The van der Waals surface area contributed by atoms with Gasteiger partial charge in [0.05, 0.1) is 0 Å². The summed E-state index contributed by atoms with van der Waals surface area (Å²) in [7, 11) is 0. The molecule has 25 heavy (non-hydrogen) atoms. The van der Waals surface area contributed by atoms with Crippen LogP contribution in [0.2, 0.25) is 0 Å². The Kier molecular flexibility index (Phi) is 5.77. The van der Waals surface area contributed by atoms with Crippen LogP contribution in [0.25, 0.3) is 0 Å². The average Bonchev–Trinajstić information content (AvgIpc) is 3.14. The lowest BCUT2D eigenvalue weighted by molar-refractivity contribution is -0.124. The Bertz CT molecular complexity index is 700. The molecule has 1 amide bonds. The van der Waals surface area contributed by atoms with Gasteiger partial charge in [0.15, 0.2) is 0 Å². The summed E-state index contributed by atoms with van der Waals surface area (Å²) in [4.78, 5) is 25.0. The van der Waals surface area contributed by atoms with Crippen LogP contribution in [0.3, 0.4) is 0 Å². The van der Waals surface area contributed by atoms with Crippen molar-refractivity contribution in [2.75, 3.05) is 23.7 Å². The molecule has 7 nitrogen and oxygen atoms in total. The normalized spacial score (nSPS) is 14.3. The summed E-state index contributed by atoms with van der Waals surface area (Å²) in [5, 5.41) is 9.38. The van der Waals surface area contributed by atoms with Gasteiger partial charge in [0.2, 0.25) is 5.91 Å². The number of anilines is 3. The van der Waals surface area contributed by atoms with E-state index in [1.807, 2.05) is 31.2 Å². The maximum absolute atomic E-state index is 12.0. The van der Waals surface area contributed by atoms with Gasteiger partial charge in [-0.25, -0.2) is 15.0 Å². The number of nitrogens with zero attached hydrogens (tertiary/aromatic N) is 3. The van der Waals surface area contributed by atoms with E-state index in [2.05, 4.69) is 30.9 Å². The number of hydrogen-bond donors (Lipinski definition) is 3. The van der Waals surface area contributed by atoms with E-state index in [-0.39, 0.29) is 11.8 Å². The molecule has 2 heterocycles. The van der Waals surface area contributed by atoms with Gasteiger partial charge in [0.1, 0.15) is 23.3 Å². The molecule has 132 valence electrons. The van der Waals surface area contributed by atoms with Gasteiger partial charge in [-0.1, -0.05) is 18.9 Å². The fraction of sp³-hybridized carbons (Fsp3) is 0.444. The first-order chi connectivity index (χ1) is 12.2. The molecule has 0 spiro atoms. The zero-order valence-corrected chi connectivity index (χ0v) is 14.5. The summed E-state index contributed by atoms with van der Waals surface area (Å²) < 4.78 is 0. The first-order valence-corrected chi connectivity index (χ1v) is 8.76. The van der Waals surface area contributed by atoms with Gasteiger partial charge in [-0.3, -0.25) is 4.79 Å². The molecule has 0 aromatic carbocycles. The van der Waals surface area contributed by atoms with E-state index >= 15 is 0 Å². The Morgan fingerprint density at radius 2 is 1.92 bits per heavy atom. The van der Waals surface area contributed by atoms with E-state index in [0.29, 0.717) is 24.7 Å². The van der Waals surface area contributed by atoms with Gasteiger partial charge >= 0.3 is 0 Å². The lowest BCUT2D eigenvalue weighted by Gasteiger charge is -2.12. The molecule has 2 aromatic rings. The second-order valence-electron chi connectivity index (χ2n) is 6.22. The molecule has 1 aliphatic carbocycles. The third-order valence-corrected chi connectivity index (χ3v) is 4.22. The van der Waals surface area contributed by atoms with Crippen LogP contribution in [0.15, 0.2) is 30.5 Å². The molecule has 0 radical (unpaired) electrons. The zero-order chi connectivity index (χ0) is 17.5. The first kappa shape index (κ1) is 17.1. The second kappa shape index (κ2) is 8.41. The highest BCUT2D eigenvalue weighted by Crippen LogP contribution is 2.24. The van der Waals surface area contributed by atoms with Crippen molar-refractivity contribution in [2.24, 2.45) is 5.92 Å². The van der Waals surface area contributed by atoms with Crippen LogP contribution in [-0.2, 0) is 4.79 Å². The molecule has 1 saturated carbocycles. The molecule has 0 unspecified atom stereocenters. The van der Waals surface area contributed by atoms with E-state index in [0.717, 1.165) is 24.5 Å². The molecule has 0 bridgehead atoms. The fourth-order valence-electron chi connectivity index (χ4n) is 3.00. The minimum absolute atomic E-state index is 0.177. The summed E-state index contributed by atoms with van der Waals surface area (Å²) in [6.45, 7) is 3.05. The smallest absolute Gasteiger partial charge is 0.223 e. The summed E-state index contributed by atoms with van der Waals surface area (Å²) in [6, 6.07) is 7.49. The molecule has 1 aliphatic rings. The third kappa shape index (κ3) is 5.14. The van der Waals surface area contributed by atoms with Crippen LogP contribution in [-0.4, -0.2) is 33.9 Å². The number of amides is 1. The van der Waals surface area contributed by atoms with Crippen LogP contribution in [0.4, 0.5) is 17.5 Å². The largest absolute Gasteiger partial charge is 0.368 e. The summed E-state index contributed by atoms with van der Waals surface area (Å²) >= 11 is 0. The SMILES string of the molecule is Cc1nc(NCCNC(=O)C2CCCC2)cc(Nc2ccccn2)n1. The molecule has 0 atom stereocenters. The highest BCUT2D eigenvalue weighted by Gasteiger charge is 2.21. The van der Waals surface area contributed by atoms with E-state index < -0.39 is 0 Å². The molecule has 1 fully saturated rings. The number of pyridine rings is 1. The maximum Gasteiger partial charge on any atom is 0.223 e. The first-order valence-electron chi connectivity index (χ1n) is 8.76. The van der Waals surface area contributed by atoms with Gasteiger partial charge < -0.3 is 16.0 Å². The van der Waals surface area contributed by atoms with Crippen molar-refractivity contribution in [2.45, 2.75) is 32.6 Å². The Morgan fingerprint density at radius 1 is 1.12 bits per heavy atom. The summed E-state index contributed by atoms with van der Waals surface area (Å²) in [5.41, 5.74) is 0. The van der Waals surface area contributed by atoms with Gasteiger partial charge in [0.25, 0.3) is 0 Å². The Balaban J connectivity index is 1.49. The zero-order valence-electron chi connectivity index (χ0n) is 14.5. The van der Waals surface area contributed by atoms with Crippen molar-refractivity contribution in [3.05, 3.63) is 36.3 Å². The Hall–Kier alpha value is -2.70. The number of carbonyl (C=O) groups is 1. The van der Waals surface area contributed by atoms with Crippen molar-refractivity contribution in [3.8, 4) is 0 Å². The number of rotatable bonds is 7. The maximum atomic E-state index is 12.0. The van der Waals surface area contributed by atoms with Crippen molar-refractivity contribution in [1.82, 2.24) is 20.3 Å². The molecule has 2 aromatic heterocycles. The third-order valence-electron chi connectivity index (χ3n) is 4.22. The van der Waals surface area contributed by atoms with Crippen LogP contribution in [0.5, 0.6) is 0 Å². The Morgan fingerprint density at radius 3 is 2.68 bits per heavy atom. The predicted molar refractivity (Wildman–Crippen MR) is 97.7 cm³/mol. The number of aryl methyl sites for hydroxylation is 1. The molecule has 3 rings (SSSR count). The number of nitrogens with one attached hydrogen (secondary N) is 3. The minimum atomic E-state index is 0.177. The second-order valence-corrected chi connectivity index (χ2v) is 6.22. The van der Waals surface area contributed by atoms with Gasteiger partial charge in [-0.15, -0.1) is 0 Å². The topological polar surface area (TPSA) is 91.8 Å². The van der Waals surface area contributed by atoms with Crippen LogP contribution < -0.4 is 16.0 Å². The van der Waals surface area contributed by atoms with Crippen molar-refractivity contribution in [3.63, 3.8) is 0 Å². The van der Waals surface area contributed by atoms with Crippen LogP contribution in [0, 0.1) is 12.8 Å². The quantitative estimate of drug-likeness (QED) is 0.671. The van der Waals surface area contributed by atoms with Crippen LogP contribution >= 0.6 is 0 Å². The van der Waals surface area contributed by atoms with Crippen molar-refractivity contribution < 1.29 is 4.79 Å². The lowest BCUT2D eigenvalue weighted by Crippen LogP contribution is -2.33. The summed E-state index contributed by atoms with van der Waals surface area (Å²) in [5.74, 6) is 3.18. The summed E-state index contributed by atoms with van der Waals surface area (Å²) in [6.07, 6.45) is 6.10. The lowest BCUT2D eigenvalue weighted by atomic mass is 10.1. The number of hydrogen-bond acceptors (Lipinski definition) is 6. The highest BCUT2D eigenvalue weighted by molar-refractivity contribution is 5.78. The standard InChI is InChI=1S/C18H24N6O/c1-13-22-16(12-17(23-13)24-15-8-4-5-9-19-15)20-10-11-21-18(25)14-6-2-3-7-14/h4-5,8-9,12,14H,2-3,6-7,10-11H2,1H3,(H,21,25)(H2,19,20,22,23,24). The predicted octanol–water partition coefficient (Wildman–Crippen LogP) is 2.64. The van der Waals surface area contributed by atoms with E-state index in [4.69, 9.17) is 0 Å². The molecular formula is C18H24N6O. The molecule has 0 saturated heterocycles. The van der Waals surface area contributed by atoms with Gasteiger partial charge in [-0.2, -0.15) is 0 Å². The molecule has 7 heteroatoms. The number of carbonyl (C=O) groups excluding carboxylic acids is 1.